The van der Waals surface area contributed by atoms with Crippen molar-refractivity contribution in [1.82, 2.24) is 15.0 Å². The molecule has 7 heteroatoms. The minimum Gasteiger partial charge on any atom is -0.456 e. The first-order chi connectivity index (χ1) is 12.1. The highest BCUT2D eigenvalue weighted by Crippen LogP contribution is 2.15. The summed E-state index contributed by atoms with van der Waals surface area (Å²) in [7, 11) is 0. The quantitative estimate of drug-likeness (QED) is 0.667. The lowest BCUT2D eigenvalue weighted by Crippen LogP contribution is -2.10. The van der Waals surface area contributed by atoms with E-state index >= 15 is 0 Å². The standard InChI is InChI=1S/C18H15F2N3O2/c1-12-17(18(24)25-11-13-6-3-2-4-7-13)21-22-23(12)10-14-15(19)8-5-9-16(14)20/h2-9H,10-11H2,1H3. The summed E-state index contributed by atoms with van der Waals surface area (Å²) in [5.74, 6) is -1.99. The molecule has 128 valence electrons. The first-order valence-electron chi connectivity index (χ1n) is 7.60. The van der Waals surface area contributed by atoms with Crippen molar-refractivity contribution in [3.63, 3.8) is 0 Å². The average Bonchev–Trinajstić information content (AvgIpc) is 2.98. The number of halogens is 2. The van der Waals surface area contributed by atoms with Crippen LogP contribution in [-0.2, 0) is 17.9 Å². The minimum atomic E-state index is -0.678. The number of esters is 1. The molecule has 3 rings (SSSR count). The topological polar surface area (TPSA) is 57.0 Å². The second-order valence-electron chi connectivity index (χ2n) is 5.44. The van der Waals surface area contributed by atoms with Gasteiger partial charge in [0.05, 0.1) is 12.2 Å². The predicted molar refractivity (Wildman–Crippen MR) is 85.8 cm³/mol. The van der Waals surface area contributed by atoms with Crippen LogP contribution < -0.4 is 0 Å². The van der Waals surface area contributed by atoms with E-state index in [4.69, 9.17) is 4.74 Å². The Bertz CT molecular complexity index is 874. The number of rotatable bonds is 5. The van der Waals surface area contributed by atoms with Gasteiger partial charge in [-0.1, -0.05) is 41.6 Å². The molecule has 0 aliphatic carbocycles. The molecule has 1 heterocycles. The smallest absolute Gasteiger partial charge is 0.361 e. The average molecular weight is 343 g/mol. The van der Waals surface area contributed by atoms with Crippen LogP contribution in [0, 0.1) is 18.6 Å². The SMILES string of the molecule is Cc1c(C(=O)OCc2ccccc2)nnn1Cc1c(F)cccc1F. The Hall–Kier alpha value is -3.09. The van der Waals surface area contributed by atoms with E-state index in [-0.39, 0.29) is 24.4 Å². The zero-order valence-corrected chi connectivity index (χ0v) is 13.4. The fraction of sp³-hybridized carbons (Fsp3) is 0.167. The lowest BCUT2D eigenvalue weighted by Gasteiger charge is -2.07. The van der Waals surface area contributed by atoms with E-state index in [1.165, 1.54) is 22.9 Å². The molecule has 0 saturated heterocycles. The number of nitrogens with zero attached hydrogens (tertiary/aromatic N) is 3. The molecule has 25 heavy (non-hydrogen) atoms. The van der Waals surface area contributed by atoms with Gasteiger partial charge in [0.15, 0.2) is 5.69 Å². The Labute approximate surface area is 142 Å². The highest BCUT2D eigenvalue weighted by atomic mass is 19.1. The van der Waals surface area contributed by atoms with Crippen LogP contribution in [0.3, 0.4) is 0 Å². The molecule has 0 radical (unpaired) electrons. The fourth-order valence-corrected chi connectivity index (χ4v) is 2.32. The predicted octanol–water partition coefficient (Wildman–Crippen LogP) is 3.27. The van der Waals surface area contributed by atoms with Gasteiger partial charge in [-0.05, 0) is 24.6 Å². The number of carbonyl (C=O) groups is 1. The van der Waals surface area contributed by atoms with Gasteiger partial charge in [-0.3, -0.25) is 0 Å². The van der Waals surface area contributed by atoms with E-state index in [2.05, 4.69) is 10.3 Å². The molecule has 0 unspecified atom stereocenters. The third-order valence-electron chi connectivity index (χ3n) is 3.76. The third-order valence-corrected chi connectivity index (χ3v) is 3.76. The molecule has 0 aliphatic heterocycles. The molecule has 3 aromatic rings. The summed E-state index contributed by atoms with van der Waals surface area (Å²) < 4.78 is 34.0. The van der Waals surface area contributed by atoms with Crippen molar-refractivity contribution in [2.45, 2.75) is 20.1 Å². The van der Waals surface area contributed by atoms with Crippen molar-refractivity contribution < 1.29 is 18.3 Å². The van der Waals surface area contributed by atoms with Gasteiger partial charge in [0.2, 0.25) is 0 Å². The van der Waals surface area contributed by atoms with Crippen LogP contribution in [-0.4, -0.2) is 21.0 Å². The summed E-state index contributed by atoms with van der Waals surface area (Å²) in [6.07, 6.45) is 0. The highest BCUT2D eigenvalue weighted by molar-refractivity contribution is 5.88. The zero-order valence-electron chi connectivity index (χ0n) is 13.4. The van der Waals surface area contributed by atoms with E-state index in [9.17, 15) is 13.6 Å². The molecule has 0 saturated carbocycles. The van der Waals surface area contributed by atoms with Crippen LogP contribution in [0.2, 0.25) is 0 Å². The van der Waals surface area contributed by atoms with Crippen molar-refractivity contribution >= 4 is 5.97 Å². The summed E-state index contributed by atoms with van der Waals surface area (Å²) in [6, 6.07) is 12.8. The van der Waals surface area contributed by atoms with Gasteiger partial charge in [0.1, 0.15) is 18.2 Å². The molecule has 1 aromatic heterocycles. The minimum absolute atomic E-state index is 0.0210. The molecule has 0 spiro atoms. The Morgan fingerprint density at radius 3 is 2.44 bits per heavy atom. The Morgan fingerprint density at radius 1 is 1.08 bits per heavy atom. The van der Waals surface area contributed by atoms with E-state index in [1.807, 2.05) is 30.3 Å². The monoisotopic (exact) mass is 343 g/mol. The van der Waals surface area contributed by atoms with Crippen molar-refractivity contribution in [3.8, 4) is 0 Å². The van der Waals surface area contributed by atoms with Gasteiger partial charge in [-0.25, -0.2) is 18.3 Å². The number of ether oxygens (including phenoxy) is 1. The van der Waals surface area contributed by atoms with Crippen LogP contribution in [0.5, 0.6) is 0 Å². The van der Waals surface area contributed by atoms with Gasteiger partial charge >= 0.3 is 5.97 Å². The zero-order chi connectivity index (χ0) is 17.8. The second kappa shape index (κ2) is 7.21. The summed E-state index contributed by atoms with van der Waals surface area (Å²) in [6.45, 7) is 1.54. The van der Waals surface area contributed by atoms with E-state index in [0.717, 1.165) is 5.56 Å². The van der Waals surface area contributed by atoms with Crippen LogP contribution in [0.4, 0.5) is 8.78 Å². The first kappa shape index (κ1) is 16.8. The summed E-state index contributed by atoms with van der Waals surface area (Å²) in [4.78, 5) is 12.2. The Morgan fingerprint density at radius 2 is 1.76 bits per heavy atom. The van der Waals surface area contributed by atoms with Gasteiger partial charge in [0, 0.05) is 5.56 Å². The molecule has 2 aromatic carbocycles. The van der Waals surface area contributed by atoms with Crippen LogP contribution in [0.1, 0.15) is 27.3 Å². The number of benzene rings is 2. The molecular formula is C18H15F2N3O2. The Balaban J connectivity index is 1.73. The molecule has 0 atom stereocenters. The molecule has 0 bridgehead atoms. The van der Waals surface area contributed by atoms with Crippen molar-refractivity contribution in [2.24, 2.45) is 0 Å². The largest absolute Gasteiger partial charge is 0.456 e. The van der Waals surface area contributed by atoms with Crippen molar-refractivity contribution in [3.05, 3.63) is 82.7 Å². The summed E-state index contributed by atoms with van der Waals surface area (Å²) in [5, 5.41) is 7.58. The lowest BCUT2D eigenvalue weighted by molar-refractivity contribution is 0.0464. The van der Waals surface area contributed by atoms with Crippen molar-refractivity contribution in [2.75, 3.05) is 0 Å². The molecular weight excluding hydrogens is 328 g/mol. The highest BCUT2D eigenvalue weighted by Gasteiger charge is 2.19. The van der Waals surface area contributed by atoms with E-state index in [1.54, 1.807) is 6.92 Å². The number of hydrogen-bond donors (Lipinski definition) is 0. The van der Waals surface area contributed by atoms with Gasteiger partial charge in [0.25, 0.3) is 0 Å². The number of aromatic nitrogens is 3. The summed E-state index contributed by atoms with van der Waals surface area (Å²) in [5.41, 5.74) is 1.10. The van der Waals surface area contributed by atoms with E-state index in [0.29, 0.717) is 5.69 Å². The molecule has 0 aliphatic rings. The van der Waals surface area contributed by atoms with E-state index < -0.39 is 17.6 Å². The van der Waals surface area contributed by atoms with Crippen molar-refractivity contribution in [1.29, 1.82) is 0 Å². The molecule has 5 nitrogen and oxygen atoms in total. The van der Waals surface area contributed by atoms with Crippen LogP contribution >= 0.6 is 0 Å². The van der Waals surface area contributed by atoms with Gasteiger partial charge in [-0.15, -0.1) is 5.10 Å². The molecule has 0 amide bonds. The fourth-order valence-electron chi connectivity index (χ4n) is 2.32. The maximum atomic E-state index is 13.7. The summed E-state index contributed by atoms with van der Waals surface area (Å²) >= 11 is 0. The first-order valence-corrected chi connectivity index (χ1v) is 7.60. The van der Waals surface area contributed by atoms with Crippen LogP contribution in [0.15, 0.2) is 48.5 Å². The Kier molecular flexibility index (Phi) is 4.83. The number of carbonyl (C=O) groups excluding carboxylic acids is 1. The van der Waals surface area contributed by atoms with Crippen LogP contribution in [0.25, 0.3) is 0 Å². The molecule has 0 fully saturated rings. The second-order valence-corrected chi connectivity index (χ2v) is 5.44. The maximum absolute atomic E-state index is 13.7. The normalized spacial score (nSPS) is 10.7. The third kappa shape index (κ3) is 3.71. The van der Waals surface area contributed by atoms with Gasteiger partial charge < -0.3 is 4.74 Å². The maximum Gasteiger partial charge on any atom is 0.361 e. The molecule has 0 N–H and O–H groups in total. The number of hydrogen-bond acceptors (Lipinski definition) is 4. The van der Waals surface area contributed by atoms with Gasteiger partial charge in [-0.2, -0.15) is 0 Å². The lowest BCUT2D eigenvalue weighted by atomic mass is 10.2.